The van der Waals surface area contributed by atoms with E-state index in [4.69, 9.17) is 0 Å². The summed E-state index contributed by atoms with van der Waals surface area (Å²) in [4.78, 5) is 12.7. The molecule has 1 saturated heterocycles. The van der Waals surface area contributed by atoms with Gasteiger partial charge in [-0.15, -0.1) is 0 Å². The van der Waals surface area contributed by atoms with Gasteiger partial charge in [-0.25, -0.2) is 4.39 Å². The smallest absolute Gasteiger partial charge is 0.150 e. The molecule has 1 heterocycles. The highest BCUT2D eigenvalue weighted by atomic mass is 32.2. The van der Waals surface area contributed by atoms with Gasteiger partial charge in [-0.3, -0.25) is 4.79 Å². The quantitative estimate of drug-likeness (QED) is 0.756. The second kappa shape index (κ2) is 5.08. The van der Waals surface area contributed by atoms with Gasteiger partial charge in [0.2, 0.25) is 0 Å². The summed E-state index contributed by atoms with van der Waals surface area (Å²) in [6, 6.07) is 5.00. The fourth-order valence-electron chi connectivity index (χ4n) is 2.10. The topological polar surface area (TPSA) is 20.3 Å². The van der Waals surface area contributed by atoms with Crippen molar-refractivity contribution < 1.29 is 9.18 Å². The van der Waals surface area contributed by atoms with E-state index in [-0.39, 0.29) is 5.82 Å². The fourth-order valence-corrected chi connectivity index (χ4v) is 3.20. The first-order valence-corrected chi connectivity index (χ1v) is 6.81. The van der Waals surface area contributed by atoms with Gasteiger partial charge < -0.3 is 4.90 Å². The van der Waals surface area contributed by atoms with Crippen molar-refractivity contribution in [2.75, 3.05) is 17.2 Å². The van der Waals surface area contributed by atoms with Gasteiger partial charge in [0.1, 0.15) is 12.1 Å². The Hall–Kier alpha value is -1.03. The van der Waals surface area contributed by atoms with E-state index in [2.05, 4.69) is 18.7 Å². The lowest BCUT2D eigenvalue weighted by Crippen LogP contribution is -2.45. The first kappa shape index (κ1) is 12.4. The first-order valence-electron chi connectivity index (χ1n) is 5.76. The first-order chi connectivity index (χ1) is 8.13. The second-order valence-electron chi connectivity index (χ2n) is 4.34. The average molecular weight is 253 g/mol. The van der Waals surface area contributed by atoms with Crippen molar-refractivity contribution in [3.63, 3.8) is 0 Å². The summed E-state index contributed by atoms with van der Waals surface area (Å²) in [5.41, 5.74) is 0.994. The minimum Gasteiger partial charge on any atom is -0.365 e. The highest BCUT2D eigenvalue weighted by Crippen LogP contribution is 2.30. The van der Waals surface area contributed by atoms with Crippen molar-refractivity contribution in [1.29, 1.82) is 0 Å². The maximum absolute atomic E-state index is 13.9. The molecule has 2 rings (SSSR count). The van der Waals surface area contributed by atoms with Crippen LogP contribution in [0.1, 0.15) is 24.2 Å². The van der Waals surface area contributed by atoms with Crippen LogP contribution in [0.15, 0.2) is 18.2 Å². The average Bonchev–Trinajstić information content (AvgIpc) is 2.33. The zero-order valence-corrected chi connectivity index (χ0v) is 10.8. The standard InChI is InChI=1S/C13H16FNOS/c1-9-10(2)17-6-5-15(9)13-4-3-11(8-16)7-12(13)14/h3-4,7-10H,5-6H2,1-2H3. The lowest BCUT2D eigenvalue weighted by molar-refractivity contribution is 0.112. The third-order valence-electron chi connectivity index (χ3n) is 3.30. The van der Waals surface area contributed by atoms with E-state index in [9.17, 15) is 9.18 Å². The highest BCUT2D eigenvalue weighted by Gasteiger charge is 2.26. The number of hydrogen-bond donors (Lipinski definition) is 0. The van der Waals surface area contributed by atoms with E-state index in [1.165, 1.54) is 6.07 Å². The number of thioether (sulfide) groups is 1. The van der Waals surface area contributed by atoms with Crippen LogP contribution >= 0.6 is 11.8 Å². The summed E-state index contributed by atoms with van der Waals surface area (Å²) in [7, 11) is 0. The molecule has 0 radical (unpaired) electrons. The van der Waals surface area contributed by atoms with Gasteiger partial charge in [-0.1, -0.05) is 6.92 Å². The van der Waals surface area contributed by atoms with Crippen LogP contribution in [0.3, 0.4) is 0 Å². The van der Waals surface area contributed by atoms with E-state index >= 15 is 0 Å². The van der Waals surface area contributed by atoms with Gasteiger partial charge in [-0.2, -0.15) is 11.8 Å². The molecule has 2 nitrogen and oxygen atoms in total. The molecule has 1 aromatic carbocycles. The number of rotatable bonds is 2. The summed E-state index contributed by atoms with van der Waals surface area (Å²) in [6.07, 6.45) is 0.672. The Kier molecular flexibility index (Phi) is 3.72. The van der Waals surface area contributed by atoms with Crippen LogP contribution < -0.4 is 4.90 Å². The van der Waals surface area contributed by atoms with Gasteiger partial charge >= 0.3 is 0 Å². The van der Waals surface area contributed by atoms with Crippen molar-refractivity contribution in [2.45, 2.75) is 25.1 Å². The van der Waals surface area contributed by atoms with E-state index in [1.54, 1.807) is 12.1 Å². The number of hydrogen-bond acceptors (Lipinski definition) is 3. The molecule has 4 heteroatoms. The van der Waals surface area contributed by atoms with Crippen LogP contribution in [0.25, 0.3) is 0 Å². The maximum Gasteiger partial charge on any atom is 0.150 e. The van der Waals surface area contributed by atoms with Gasteiger partial charge in [0.05, 0.1) is 5.69 Å². The fraction of sp³-hybridized carbons (Fsp3) is 0.462. The number of carbonyl (C=O) groups is 1. The third-order valence-corrected chi connectivity index (χ3v) is 4.64. The zero-order valence-electron chi connectivity index (χ0n) is 10.0. The summed E-state index contributed by atoms with van der Waals surface area (Å²) in [5.74, 6) is 0.709. The summed E-state index contributed by atoms with van der Waals surface area (Å²) in [6.45, 7) is 5.14. The molecule has 2 unspecified atom stereocenters. The molecule has 0 spiro atoms. The predicted molar refractivity (Wildman–Crippen MR) is 70.5 cm³/mol. The normalized spacial score (nSPS) is 24.8. The third kappa shape index (κ3) is 2.46. The molecule has 0 aromatic heterocycles. The Labute approximate surface area is 105 Å². The number of nitrogens with zero attached hydrogens (tertiary/aromatic N) is 1. The molecule has 0 bridgehead atoms. The monoisotopic (exact) mass is 253 g/mol. The van der Waals surface area contributed by atoms with E-state index in [0.29, 0.717) is 28.8 Å². The number of benzene rings is 1. The molecule has 1 aromatic rings. The summed E-state index contributed by atoms with van der Waals surface area (Å²) in [5, 5.41) is 0.494. The van der Waals surface area contributed by atoms with Crippen LogP contribution in [-0.2, 0) is 0 Å². The second-order valence-corrected chi connectivity index (χ2v) is 5.82. The van der Waals surface area contributed by atoms with Crippen molar-refractivity contribution in [3.8, 4) is 0 Å². The molecular formula is C13H16FNOS. The maximum atomic E-state index is 13.9. The van der Waals surface area contributed by atoms with E-state index in [1.807, 2.05) is 11.8 Å². The number of halogens is 1. The Morgan fingerprint density at radius 3 is 2.88 bits per heavy atom. The Morgan fingerprint density at radius 2 is 2.24 bits per heavy atom. The predicted octanol–water partition coefficient (Wildman–Crippen LogP) is 2.97. The van der Waals surface area contributed by atoms with Crippen LogP contribution in [-0.4, -0.2) is 29.9 Å². The van der Waals surface area contributed by atoms with Crippen LogP contribution in [0.5, 0.6) is 0 Å². The number of anilines is 1. The Balaban J connectivity index is 2.29. The van der Waals surface area contributed by atoms with Crippen molar-refractivity contribution in [2.24, 2.45) is 0 Å². The molecule has 2 atom stereocenters. The SMILES string of the molecule is CC1SCCN(c2ccc(C=O)cc2F)C1C. The molecule has 17 heavy (non-hydrogen) atoms. The van der Waals surface area contributed by atoms with E-state index in [0.717, 1.165) is 12.3 Å². The van der Waals surface area contributed by atoms with Crippen molar-refractivity contribution in [3.05, 3.63) is 29.6 Å². The molecule has 1 fully saturated rings. The number of carbonyl (C=O) groups excluding carboxylic acids is 1. The summed E-state index contributed by atoms with van der Waals surface area (Å²) >= 11 is 1.92. The van der Waals surface area contributed by atoms with E-state index < -0.39 is 0 Å². The largest absolute Gasteiger partial charge is 0.365 e. The Bertz CT molecular complexity index is 424. The number of aldehydes is 1. The minimum absolute atomic E-state index is 0.305. The Morgan fingerprint density at radius 1 is 1.47 bits per heavy atom. The molecule has 1 aliphatic rings. The molecule has 92 valence electrons. The highest BCUT2D eigenvalue weighted by molar-refractivity contribution is 8.00. The lowest BCUT2D eigenvalue weighted by atomic mass is 10.1. The van der Waals surface area contributed by atoms with Crippen LogP contribution in [0, 0.1) is 5.82 Å². The lowest BCUT2D eigenvalue weighted by Gasteiger charge is -2.39. The van der Waals surface area contributed by atoms with Gasteiger partial charge in [0.25, 0.3) is 0 Å². The zero-order chi connectivity index (χ0) is 12.4. The van der Waals surface area contributed by atoms with Crippen LogP contribution in [0.2, 0.25) is 0 Å². The summed E-state index contributed by atoms with van der Waals surface area (Å²) < 4.78 is 13.9. The molecule has 1 aliphatic heterocycles. The molecule has 0 N–H and O–H groups in total. The van der Waals surface area contributed by atoms with Crippen molar-refractivity contribution in [1.82, 2.24) is 0 Å². The van der Waals surface area contributed by atoms with Gasteiger partial charge in [0.15, 0.2) is 0 Å². The minimum atomic E-state index is -0.305. The van der Waals surface area contributed by atoms with Crippen molar-refractivity contribution >= 4 is 23.7 Å². The van der Waals surface area contributed by atoms with Crippen LogP contribution in [0.4, 0.5) is 10.1 Å². The molecule has 0 aliphatic carbocycles. The van der Waals surface area contributed by atoms with Gasteiger partial charge in [-0.05, 0) is 25.1 Å². The molecule has 0 saturated carbocycles. The van der Waals surface area contributed by atoms with Gasteiger partial charge in [0, 0.05) is 29.2 Å². The molecular weight excluding hydrogens is 237 g/mol. The molecule has 0 amide bonds.